The summed E-state index contributed by atoms with van der Waals surface area (Å²) in [6.07, 6.45) is 0.696. The molecule has 0 amide bonds. The van der Waals surface area contributed by atoms with E-state index in [1.165, 1.54) is 5.56 Å². The maximum absolute atomic E-state index is 5.95. The van der Waals surface area contributed by atoms with Crippen LogP contribution < -0.4 is 11.1 Å². The zero-order valence-corrected chi connectivity index (χ0v) is 12.4. The molecule has 1 aromatic carbocycles. The molecule has 0 aromatic heterocycles. The van der Waals surface area contributed by atoms with Crippen LogP contribution in [-0.4, -0.2) is 23.4 Å². The topological polar surface area (TPSA) is 53.6 Å². The average molecular weight is 270 g/mol. The fourth-order valence-corrected chi connectivity index (χ4v) is 2.23. The van der Waals surface area contributed by atoms with Crippen molar-refractivity contribution in [3.05, 3.63) is 54.4 Å². The standard InChI is InChI=1S/C16H22N4/c1-11-8-6-7-9-14(11)18-13(3)16(4)10-12(2)20(5)15(17)19-16/h6-9,18H,2-3,10H2,1,4-5H3,(H2,17,19)/t16-/m0/s1. The molecule has 1 heterocycles. The lowest BCUT2D eigenvalue weighted by Gasteiger charge is -2.37. The van der Waals surface area contributed by atoms with Gasteiger partial charge in [0.15, 0.2) is 5.96 Å². The Balaban J connectivity index is 2.25. The number of aliphatic imine (C=N–C) groups is 1. The van der Waals surface area contributed by atoms with Gasteiger partial charge in [-0.2, -0.15) is 0 Å². The molecule has 106 valence electrons. The highest BCUT2D eigenvalue weighted by molar-refractivity contribution is 5.81. The molecule has 3 N–H and O–H groups in total. The zero-order chi connectivity index (χ0) is 14.9. The van der Waals surface area contributed by atoms with Gasteiger partial charge in [-0.25, -0.2) is 4.99 Å². The van der Waals surface area contributed by atoms with Crippen LogP contribution in [0.3, 0.4) is 0 Å². The van der Waals surface area contributed by atoms with Gasteiger partial charge in [-0.1, -0.05) is 31.4 Å². The van der Waals surface area contributed by atoms with E-state index in [1.54, 1.807) is 0 Å². The van der Waals surface area contributed by atoms with Crippen LogP contribution in [0, 0.1) is 6.92 Å². The summed E-state index contributed by atoms with van der Waals surface area (Å²) in [6, 6.07) is 8.10. The number of guanidine groups is 1. The maximum Gasteiger partial charge on any atom is 0.196 e. The molecule has 2 rings (SSSR count). The van der Waals surface area contributed by atoms with Crippen molar-refractivity contribution in [1.82, 2.24) is 4.90 Å². The fourth-order valence-electron chi connectivity index (χ4n) is 2.23. The van der Waals surface area contributed by atoms with Crippen molar-refractivity contribution in [2.24, 2.45) is 10.7 Å². The summed E-state index contributed by atoms with van der Waals surface area (Å²) in [5.41, 5.74) is 9.44. The number of nitrogens with zero attached hydrogens (tertiary/aromatic N) is 2. The number of rotatable bonds is 3. The molecule has 0 unspecified atom stereocenters. The monoisotopic (exact) mass is 270 g/mol. The van der Waals surface area contributed by atoms with E-state index >= 15 is 0 Å². The number of para-hydroxylation sites is 1. The third kappa shape index (κ3) is 2.54. The van der Waals surface area contributed by atoms with Crippen LogP contribution in [0.1, 0.15) is 18.9 Å². The van der Waals surface area contributed by atoms with Crippen molar-refractivity contribution in [3.63, 3.8) is 0 Å². The Bertz CT molecular complexity index is 588. The highest BCUT2D eigenvalue weighted by Crippen LogP contribution is 2.33. The minimum Gasteiger partial charge on any atom is -0.370 e. The minimum atomic E-state index is -0.476. The summed E-state index contributed by atoms with van der Waals surface area (Å²) in [7, 11) is 1.87. The smallest absolute Gasteiger partial charge is 0.196 e. The Morgan fingerprint density at radius 2 is 2.10 bits per heavy atom. The molecular weight excluding hydrogens is 248 g/mol. The molecule has 1 aliphatic heterocycles. The van der Waals surface area contributed by atoms with Crippen LogP contribution in [0.15, 0.2) is 53.8 Å². The molecule has 1 aromatic rings. The van der Waals surface area contributed by atoms with Gasteiger partial charge in [0.25, 0.3) is 0 Å². The van der Waals surface area contributed by atoms with E-state index in [1.807, 2.05) is 37.1 Å². The molecule has 20 heavy (non-hydrogen) atoms. The molecule has 0 saturated heterocycles. The molecule has 4 heteroatoms. The van der Waals surface area contributed by atoms with Crippen LogP contribution in [0.25, 0.3) is 0 Å². The van der Waals surface area contributed by atoms with Crippen LogP contribution >= 0.6 is 0 Å². The van der Waals surface area contributed by atoms with Gasteiger partial charge < -0.3 is 16.0 Å². The highest BCUT2D eigenvalue weighted by Gasteiger charge is 2.34. The van der Waals surface area contributed by atoms with Gasteiger partial charge in [0, 0.05) is 30.5 Å². The molecule has 0 fully saturated rings. The number of anilines is 1. The average Bonchev–Trinajstić information content (AvgIpc) is 2.38. The van der Waals surface area contributed by atoms with E-state index in [9.17, 15) is 0 Å². The van der Waals surface area contributed by atoms with Crippen molar-refractivity contribution in [2.45, 2.75) is 25.8 Å². The van der Waals surface area contributed by atoms with E-state index in [0.29, 0.717) is 12.4 Å². The number of hydrogen-bond donors (Lipinski definition) is 2. The van der Waals surface area contributed by atoms with E-state index in [4.69, 9.17) is 5.73 Å². The number of aryl methyl sites for hydroxylation is 1. The van der Waals surface area contributed by atoms with Crippen molar-refractivity contribution in [3.8, 4) is 0 Å². The summed E-state index contributed by atoms with van der Waals surface area (Å²) < 4.78 is 0. The molecular formula is C16H22N4. The summed E-state index contributed by atoms with van der Waals surface area (Å²) in [6.45, 7) is 12.3. The van der Waals surface area contributed by atoms with Crippen LogP contribution in [0.5, 0.6) is 0 Å². The maximum atomic E-state index is 5.95. The first-order valence-corrected chi connectivity index (χ1v) is 6.62. The Kier molecular flexibility index (Phi) is 3.57. The second kappa shape index (κ2) is 5.04. The van der Waals surface area contributed by atoms with E-state index in [2.05, 4.69) is 36.5 Å². The van der Waals surface area contributed by atoms with E-state index in [0.717, 1.165) is 17.1 Å². The minimum absolute atomic E-state index is 0.469. The van der Waals surface area contributed by atoms with Gasteiger partial charge in [-0.05, 0) is 25.5 Å². The third-order valence-corrected chi connectivity index (χ3v) is 3.81. The highest BCUT2D eigenvalue weighted by atomic mass is 15.3. The first kappa shape index (κ1) is 14.2. The van der Waals surface area contributed by atoms with Gasteiger partial charge in [0.2, 0.25) is 0 Å². The van der Waals surface area contributed by atoms with Gasteiger partial charge in [0.1, 0.15) is 5.54 Å². The molecule has 0 saturated carbocycles. The summed E-state index contributed by atoms with van der Waals surface area (Å²) >= 11 is 0. The first-order chi connectivity index (χ1) is 9.33. The summed E-state index contributed by atoms with van der Waals surface area (Å²) in [5.74, 6) is 0.469. The lowest BCUT2D eigenvalue weighted by molar-refractivity contribution is 0.437. The van der Waals surface area contributed by atoms with Crippen LogP contribution in [0.2, 0.25) is 0 Å². The number of hydrogen-bond acceptors (Lipinski definition) is 4. The molecule has 0 radical (unpaired) electrons. The van der Waals surface area contributed by atoms with Crippen molar-refractivity contribution >= 4 is 11.6 Å². The van der Waals surface area contributed by atoms with Crippen LogP contribution in [-0.2, 0) is 0 Å². The second-order valence-electron chi connectivity index (χ2n) is 5.46. The zero-order valence-electron chi connectivity index (χ0n) is 12.4. The molecule has 0 spiro atoms. The van der Waals surface area contributed by atoms with E-state index < -0.39 is 5.54 Å². The lowest BCUT2D eigenvalue weighted by Crippen LogP contribution is -2.45. The summed E-state index contributed by atoms with van der Waals surface area (Å²) in [4.78, 5) is 6.38. The van der Waals surface area contributed by atoms with Crippen molar-refractivity contribution in [1.29, 1.82) is 0 Å². The summed E-state index contributed by atoms with van der Waals surface area (Å²) in [5, 5.41) is 3.36. The van der Waals surface area contributed by atoms with Gasteiger partial charge in [-0.15, -0.1) is 0 Å². The lowest BCUT2D eigenvalue weighted by atomic mass is 9.91. The van der Waals surface area contributed by atoms with E-state index in [-0.39, 0.29) is 0 Å². The number of benzene rings is 1. The Morgan fingerprint density at radius 3 is 2.70 bits per heavy atom. The predicted molar refractivity (Wildman–Crippen MR) is 85.5 cm³/mol. The predicted octanol–water partition coefficient (Wildman–Crippen LogP) is 2.84. The van der Waals surface area contributed by atoms with Gasteiger partial charge >= 0.3 is 0 Å². The second-order valence-corrected chi connectivity index (χ2v) is 5.46. The first-order valence-electron chi connectivity index (χ1n) is 6.62. The molecule has 1 aliphatic rings. The van der Waals surface area contributed by atoms with Gasteiger partial charge in [-0.3, -0.25) is 0 Å². The Morgan fingerprint density at radius 1 is 1.45 bits per heavy atom. The fraction of sp³-hybridized carbons (Fsp3) is 0.312. The van der Waals surface area contributed by atoms with Crippen molar-refractivity contribution < 1.29 is 0 Å². The SMILES string of the molecule is C=C1C[C@@](C)(C(=C)Nc2ccccc2C)N=C(N)N1C. The number of nitrogens with one attached hydrogen (secondary N) is 1. The quantitative estimate of drug-likeness (QED) is 0.888. The Labute approximate surface area is 120 Å². The normalized spacial score (nSPS) is 22.4. The molecule has 4 nitrogen and oxygen atoms in total. The molecule has 0 aliphatic carbocycles. The largest absolute Gasteiger partial charge is 0.370 e. The third-order valence-electron chi connectivity index (χ3n) is 3.81. The molecule has 0 bridgehead atoms. The number of nitrogens with two attached hydrogens (primary N) is 1. The molecule has 1 atom stereocenters. The van der Waals surface area contributed by atoms with Gasteiger partial charge in [0.05, 0.1) is 0 Å². The van der Waals surface area contributed by atoms with Crippen molar-refractivity contribution in [2.75, 3.05) is 12.4 Å². The van der Waals surface area contributed by atoms with Crippen LogP contribution in [0.4, 0.5) is 5.69 Å². The Hall–Kier alpha value is -2.23.